The summed E-state index contributed by atoms with van der Waals surface area (Å²) in [6, 6.07) is 8.67. The normalized spacial score (nSPS) is 23.8. The Balaban J connectivity index is 1.84. The smallest absolute Gasteiger partial charge is 0.0604 e. The summed E-state index contributed by atoms with van der Waals surface area (Å²) in [5, 5.41) is 2.17. The van der Waals surface area contributed by atoms with Crippen LogP contribution in [0.3, 0.4) is 0 Å². The van der Waals surface area contributed by atoms with Crippen LogP contribution in [0.15, 0.2) is 35.4 Å². The molecule has 0 saturated carbocycles. The molecule has 0 aromatic heterocycles. The van der Waals surface area contributed by atoms with Gasteiger partial charge in [0.2, 0.25) is 0 Å². The number of hydroxylamine groups is 2. The van der Waals surface area contributed by atoms with Crippen molar-refractivity contribution in [2.45, 2.75) is 44.6 Å². The Kier molecular flexibility index (Phi) is 4.08. The first-order chi connectivity index (χ1) is 9.78. The molecule has 2 N–H and O–H groups in total. The monoisotopic (exact) mass is 272 g/mol. The van der Waals surface area contributed by atoms with E-state index in [1.54, 1.807) is 18.3 Å². The lowest BCUT2D eigenvalue weighted by molar-refractivity contribution is -0.157. The predicted octanol–water partition coefficient (Wildman–Crippen LogP) is 3.32. The summed E-state index contributed by atoms with van der Waals surface area (Å²) in [6.45, 7) is 1.02. The van der Waals surface area contributed by atoms with Crippen molar-refractivity contribution in [3.63, 3.8) is 0 Å². The maximum Gasteiger partial charge on any atom is 0.0604 e. The molecule has 1 aromatic rings. The van der Waals surface area contributed by atoms with Gasteiger partial charge in [0.15, 0.2) is 0 Å². The molecule has 3 rings (SSSR count). The van der Waals surface area contributed by atoms with E-state index in [2.05, 4.69) is 17.2 Å². The average Bonchev–Trinajstić information content (AvgIpc) is 2.50. The van der Waals surface area contributed by atoms with Crippen LogP contribution in [0.25, 0.3) is 0 Å². The number of hydrogen-bond donors (Lipinski definition) is 1. The van der Waals surface area contributed by atoms with Crippen molar-refractivity contribution in [1.82, 2.24) is 5.06 Å². The van der Waals surface area contributed by atoms with Gasteiger partial charge >= 0.3 is 0 Å². The number of nitrogens with zero attached hydrogens (tertiary/aromatic N) is 1. The minimum atomic E-state index is 0.410. The van der Waals surface area contributed by atoms with Gasteiger partial charge < -0.3 is 10.6 Å². The van der Waals surface area contributed by atoms with Crippen molar-refractivity contribution in [3.8, 4) is 0 Å². The molecule has 108 valence electrons. The summed E-state index contributed by atoms with van der Waals surface area (Å²) in [5.41, 5.74) is 11.3. The maximum absolute atomic E-state index is 5.78. The van der Waals surface area contributed by atoms with E-state index in [1.165, 1.54) is 37.7 Å². The van der Waals surface area contributed by atoms with Crippen molar-refractivity contribution in [1.29, 1.82) is 0 Å². The predicted molar refractivity (Wildman–Crippen MR) is 82.2 cm³/mol. The Morgan fingerprint density at radius 1 is 1.15 bits per heavy atom. The Morgan fingerprint density at radius 2 is 1.90 bits per heavy atom. The molecule has 0 amide bonds. The van der Waals surface area contributed by atoms with Crippen LogP contribution in [0.1, 0.15) is 37.7 Å². The summed E-state index contributed by atoms with van der Waals surface area (Å²) in [6.07, 6.45) is 7.43. The molecule has 1 aliphatic heterocycles. The number of hydrogen-bond acceptors (Lipinski definition) is 3. The van der Waals surface area contributed by atoms with Crippen LogP contribution < -0.4 is 5.73 Å². The first-order valence-corrected chi connectivity index (χ1v) is 7.64. The third kappa shape index (κ3) is 2.74. The summed E-state index contributed by atoms with van der Waals surface area (Å²) in [5.74, 6) is 0. The summed E-state index contributed by atoms with van der Waals surface area (Å²) < 4.78 is 0. The van der Waals surface area contributed by atoms with Crippen LogP contribution in [-0.4, -0.2) is 24.8 Å². The van der Waals surface area contributed by atoms with Gasteiger partial charge in [0, 0.05) is 12.2 Å². The van der Waals surface area contributed by atoms with Gasteiger partial charge in [0.05, 0.1) is 13.2 Å². The van der Waals surface area contributed by atoms with Crippen molar-refractivity contribution in [2.75, 3.05) is 19.4 Å². The molecule has 0 radical (unpaired) electrons. The first-order valence-electron chi connectivity index (χ1n) is 7.64. The Morgan fingerprint density at radius 3 is 2.65 bits per heavy atom. The van der Waals surface area contributed by atoms with Gasteiger partial charge in [-0.05, 0) is 56.2 Å². The van der Waals surface area contributed by atoms with Crippen LogP contribution in [0.4, 0.5) is 5.69 Å². The molecule has 0 spiro atoms. The average molecular weight is 272 g/mol. The minimum absolute atomic E-state index is 0.410. The molecule has 20 heavy (non-hydrogen) atoms. The lowest BCUT2D eigenvalue weighted by Gasteiger charge is -2.39. The van der Waals surface area contributed by atoms with E-state index in [-0.39, 0.29) is 0 Å². The number of nitrogen functional groups attached to an aromatic ring is 1. The molecule has 1 aromatic carbocycles. The standard InChI is InChI=1S/C17H24N2O/c1-20-19-11-10-14-4-2-3-5-16(14)17(19)12-13-6-8-15(18)9-7-13/h6-9,17H,2-5,10-12,18H2,1H3/t17-/m0/s1. The van der Waals surface area contributed by atoms with E-state index >= 15 is 0 Å². The fourth-order valence-corrected chi connectivity index (χ4v) is 3.57. The van der Waals surface area contributed by atoms with Crippen LogP contribution in [-0.2, 0) is 11.3 Å². The topological polar surface area (TPSA) is 38.5 Å². The summed E-state index contributed by atoms with van der Waals surface area (Å²) in [4.78, 5) is 5.62. The number of rotatable bonds is 3. The Hall–Kier alpha value is -1.32. The minimum Gasteiger partial charge on any atom is -0.399 e. The number of anilines is 1. The van der Waals surface area contributed by atoms with Gasteiger partial charge in [-0.2, -0.15) is 5.06 Å². The van der Waals surface area contributed by atoms with Crippen LogP contribution in [0, 0.1) is 0 Å². The van der Waals surface area contributed by atoms with Gasteiger partial charge in [-0.1, -0.05) is 23.3 Å². The van der Waals surface area contributed by atoms with E-state index in [4.69, 9.17) is 10.6 Å². The lowest BCUT2D eigenvalue weighted by Crippen LogP contribution is -2.42. The SMILES string of the molecule is CON1CCC2=C(CCCC2)[C@@H]1Cc1ccc(N)cc1. The fourth-order valence-electron chi connectivity index (χ4n) is 3.57. The number of benzene rings is 1. The molecular formula is C17H24N2O. The molecule has 1 aliphatic carbocycles. The third-order valence-electron chi connectivity index (χ3n) is 4.66. The zero-order valence-electron chi connectivity index (χ0n) is 12.3. The molecular weight excluding hydrogens is 248 g/mol. The van der Waals surface area contributed by atoms with Crippen molar-refractivity contribution >= 4 is 5.69 Å². The highest BCUT2D eigenvalue weighted by Gasteiger charge is 2.30. The Bertz CT molecular complexity index is 492. The summed E-state index contributed by atoms with van der Waals surface area (Å²) >= 11 is 0. The van der Waals surface area contributed by atoms with E-state index < -0.39 is 0 Å². The van der Waals surface area contributed by atoms with Gasteiger partial charge in [0.1, 0.15) is 0 Å². The maximum atomic E-state index is 5.78. The van der Waals surface area contributed by atoms with Crippen molar-refractivity contribution < 1.29 is 4.84 Å². The van der Waals surface area contributed by atoms with E-state index in [1.807, 2.05) is 12.1 Å². The molecule has 0 fully saturated rings. The second-order valence-electron chi connectivity index (χ2n) is 5.87. The highest BCUT2D eigenvalue weighted by Crippen LogP contribution is 2.36. The molecule has 1 heterocycles. The third-order valence-corrected chi connectivity index (χ3v) is 4.66. The molecule has 0 bridgehead atoms. The van der Waals surface area contributed by atoms with E-state index in [0.717, 1.165) is 18.7 Å². The molecule has 0 unspecified atom stereocenters. The zero-order valence-corrected chi connectivity index (χ0v) is 12.3. The van der Waals surface area contributed by atoms with E-state index in [0.29, 0.717) is 6.04 Å². The second kappa shape index (κ2) is 5.98. The van der Waals surface area contributed by atoms with Gasteiger partial charge in [-0.15, -0.1) is 0 Å². The molecule has 3 heteroatoms. The Labute approximate surface area is 121 Å². The largest absolute Gasteiger partial charge is 0.399 e. The van der Waals surface area contributed by atoms with Crippen molar-refractivity contribution in [2.24, 2.45) is 0 Å². The molecule has 3 nitrogen and oxygen atoms in total. The van der Waals surface area contributed by atoms with Crippen molar-refractivity contribution in [3.05, 3.63) is 41.0 Å². The highest BCUT2D eigenvalue weighted by molar-refractivity contribution is 5.40. The van der Waals surface area contributed by atoms with Gasteiger partial charge in [0.25, 0.3) is 0 Å². The van der Waals surface area contributed by atoms with Crippen LogP contribution >= 0.6 is 0 Å². The fraction of sp³-hybridized carbons (Fsp3) is 0.529. The van der Waals surface area contributed by atoms with Gasteiger partial charge in [-0.25, -0.2) is 0 Å². The van der Waals surface area contributed by atoms with Crippen LogP contribution in [0.5, 0.6) is 0 Å². The van der Waals surface area contributed by atoms with Crippen LogP contribution in [0.2, 0.25) is 0 Å². The second-order valence-corrected chi connectivity index (χ2v) is 5.87. The highest BCUT2D eigenvalue weighted by atomic mass is 16.7. The first kappa shape index (κ1) is 13.7. The lowest BCUT2D eigenvalue weighted by atomic mass is 9.81. The quantitative estimate of drug-likeness (QED) is 0.677. The molecule has 1 atom stereocenters. The van der Waals surface area contributed by atoms with E-state index in [9.17, 15) is 0 Å². The molecule has 2 aliphatic rings. The number of nitrogens with two attached hydrogens (primary N) is 1. The van der Waals surface area contributed by atoms with Gasteiger partial charge in [-0.3, -0.25) is 0 Å². The molecule has 0 saturated heterocycles. The zero-order chi connectivity index (χ0) is 13.9. The summed E-state index contributed by atoms with van der Waals surface area (Å²) in [7, 11) is 1.80.